The van der Waals surface area contributed by atoms with E-state index in [1.54, 1.807) is 0 Å². The molecule has 1 saturated heterocycles. The Morgan fingerprint density at radius 3 is 2.67 bits per heavy atom. The van der Waals surface area contributed by atoms with Crippen molar-refractivity contribution in [3.05, 3.63) is 0 Å². The van der Waals surface area contributed by atoms with Crippen molar-refractivity contribution in [3.63, 3.8) is 0 Å². The summed E-state index contributed by atoms with van der Waals surface area (Å²) < 4.78 is 5.97. The Balaban J connectivity index is 2.18. The molecule has 0 N–H and O–H groups in total. The maximum atomic E-state index is 5.24. The molecular formula is C4H7KO. The summed E-state index contributed by atoms with van der Waals surface area (Å²) in [4.78, 5) is 0. The van der Waals surface area contributed by atoms with E-state index in [9.17, 15) is 0 Å². The predicted octanol–water partition coefficient (Wildman–Crippen LogP) is 0.291. The van der Waals surface area contributed by atoms with E-state index in [1.807, 2.05) is 0 Å². The van der Waals surface area contributed by atoms with Gasteiger partial charge in [-0.15, -0.1) is 0 Å². The maximum absolute atomic E-state index is 5.24. The fourth-order valence-electron chi connectivity index (χ4n) is 0.739. The average Bonchev–Trinajstić information content (AvgIpc) is 1.86. The molecule has 2 heteroatoms. The van der Waals surface area contributed by atoms with E-state index in [2.05, 4.69) is 0 Å². The fraction of sp³-hybridized carbons (Fsp3) is 1.00. The van der Waals surface area contributed by atoms with Crippen LogP contribution < -0.4 is 0 Å². The molecule has 1 unspecified atom stereocenters. The third-order valence-corrected chi connectivity index (χ3v) is 2.58. The number of hydrogen-bond acceptors (Lipinski definition) is 1. The van der Waals surface area contributed by atoms with Crippen molar-refractivity contribution in [2.24, 2.45) is 0 Å². The minimum atomic E-state index is 0.734. The van der Waals surface area contributed by atoms with Crippen LogP contribution in [0.2, 0.25) is 0 Å². The Kier molecular flexibility index (Phi) is 2.67. The molecule has 1 fully saturated rings. The number of hydrogen-bond donors (Lipinski definition) is 0. The summed E-state index contributed by atoms with van der Waals surface area (Å²) in [6, 6.07) is 0. The van der Waals surface area contributed by atoms with Crippen LogP contribution in [0.25, 0.3) is 0 Å². The third-order valence-electron chi connectivity index (χ3n) is 1.16. The van der Waals surface area contributed by atoms with Gasteiger partial charge in [0.1, 0.15) is 0 Å². The first-order valence-electron chi connectivity index (χ1n) is 2.51. The first-order chi connectivity index (χ1) is 2.89. The van der Waals surface area contributed by atoms with E-state index in [0.29, 0.717) is 0 Å². The van der Waals surface area contributed by atoms with Gasteiger partial charge in [-0.2, -0.15) is 0 Å². The molecule has 0 aromatic carbocycles. The Morgan fingerprint density at radius 2 is 2.50 bits per heavy atom. The molecule has 0 aromatic heterocycles. The number of rotatable bonds is 0. The number of ether oxygens (including phenoxy) is 1. The average molecular weight is 110 g/mol. The summed E-state index contributed by atoms with van der Waals surface area (Å²) >= 11 is 0.920. The SMILES string of the molecule is [K][CH]1CCCO1. The van der Waals surface area contributed by atoms with Crippen LogP contribution in [-0.2, 0) is 4.74 Å². The summed E-state index contributed by atoms with van der Waals surface area (Å²) in [5.74, 6) is 0. The molecule has 0 spiro atoms. The van der Waals surface area contributed by atoms with Gasteiger partial charge in [0.2, 0.25) is 0 Å². The van der Waals surface area contributed by atoms with Gasteiger partial charge in [0.25, 0.3) is 0 Å². The van der Waals surface area contributed by atoms with Crippen molar-refractivity contribution in [2.45, 2.75) is 13.0 Å². The zero-order valence-corrected chi connectivity index (χ0v) is 7.23. The van der Waals surface area contributed by atoms with Crippen molar-refractivity contribution in [3.8, 4) is 0 Å². The zero-order valence-electron chi connectivity index (χ0n) is 4.11. The van der Waals surface area contributed by atoms with E-state index >= 15 is 0 Å². The molecular weight excluding hydrogens is 103 g/mol. The summed E-state index contributed by atoms with van der Waals surface area (Å²) in [6.07, 6.45) is 2.66. The van der Waals surface area contributed by atoms with Gasteiger partial charge < -0.3 is 0 Å². The molecule has 1 rings (SSSR count). The Morgan fingerprint density at radius 1 is 1.67 bits per heavy atom. The molecule has 0 saturated carbocycles. The van der Waals surface area contributed by atoms with Gasteiger partial charge in [0.15, 0.2) is 0 Å². The van der Waals surface area contributed by atoms with Crippen LogP contribution >= 0.6 is 0 Å². The van der Waals surface area contributed by atoms with E-state index in [1.165, 1.54) is 12.8 Å². The molecule has 1 atom stereocenters. The van der Waals surface area contributed by atoms with Crippen molar-refractivity contribution in [2.75, 3.05) is 6.61 Å². The molecule has 0 aliphatic carbocycles. The normalized spacial score (nSPS) is 34.7. The van der Waals surface area contributed by atoms with Gasteiger partial charge in [-0.3, -0.25) is 0 Å². The molecule has 1 aliphatic rings. The Hall–Kier alpha value is 1.60. The molecule has 0 bridgehead atoms. The molecule has 1 heterocycles. The molecule has 30 valence electrons. The quantitative estimate of drug-likeness (QED) is 0.407. The second-order valence-corrected chi connectivity index (χ2v) is 3.83. The first-order valence-corrected chi connectivity index (χ1v) is 4.31. The van der Waals surface area contributed by atoms with E-state index in [4.69, 9.17) is 4.74 Å². The molecule has 6 heavy (non-hydrogen) atoms. The van der Waals surface area contributed by atoms with Crippen LogP contribution in [0.15, 0.2) is 0 Å². The van der Waals surface area contributed by atoms with Crippen molar-refractivity contribution < 1.29 is 4.74 Å². The van der Waals surface area contributed by atoms with Gasteiger partial charge in [0, 0.05) is 0 Å². The van der Waals surface area contributed by atoms with Crippen molar-refractivity contribution >= 4 is 49.0 Å². The third kappa shape index (κ3) is 1.60. The summed E-state index contributed by atoms with van der Waals surface area (Å²) in [5, 5.41) is 0. The molecule has 0 aromatic rings. The van der Waals surface area contributed by atoms with Crippen LogP contribution in [0.1, 0.15) is 12.8 Å². The van der Waals surface area contributed by atoms with Crippen LogP contribution in [-0.4, -0.2) is 55.8 Å². The van der Waals surface area contributed by atoms with E-state index in [-0.39, 0.29) is 0 Å². The first kappa shape index (κ1) is 5.73. The van der Waals surface area contributed by atoms with Gasteiger partial charge in [-0.25, -0.2) is 0 Å². The van der Waals surface area contributed by atoms with Crippen molar-refractivity contribution in [1.29, 1.82) is 0 Å². The predicted molar refractivity (Wildman–Crippen MR) is 24.7 cm³/mol. The van der Waals surface area contributed by atoms with E-state index in [0.717, 1.165) is 55.8 Å². The molecule has 1 aliphatic heterocycles. The van der Waals surface area contributed by atoms with Crippen LogP contribution in [0, 0.1) is 0 Å². The standard InChI is InChI=1S/C4H7O.K/c1-2-4-5-3-1;/h3H,1-2,4H2;. The van der Waals surface area contributed by atoms with Crippen LogP contribution in [0.4, 0.5) is 0 Å². The summed E-state index contributed by atoms with van der Waals surface area (Å²) in [7, 11) is 0. The van der Waals surface area contributed by atoms with Crippen LogP contribution in [0.3, 0.4) is 0 Å². The molecule has 0 radical (unpaired) electrons. The Labute approximate surface area is 72.0 Å². The van der Waals surface area contributed by atoms with Gasteiger partial charge in [-0.1, -0.05) is 0 Å². The van der Waals surface area contributed by atoms with Gasteiger partial charge in [0.05, 0.1) is 0 Å². The fourth-order valence-corrected chi connectivity index (χ4v) is 1.74. The van der Waals surface area contributed by atoms with Crippen LogP contribution in [0.5, 0.6) is 0 Å². The van der Waals surface area contributed by atoms with Gasteiger partial charge >= 0.3 is 73.3 Å². The zero-order chi connectivity index (χ0) is 4.41. The molecule has 0 amide bonds. The van der Waals surface area contributed by atoms with Gasteiger partial charge in [-0.05, 0) is 0 Å². The summed E-state index contributed by atoms with van der Waals surface area (Å²) in [6.45, 7) is 1.03. The van der Waals surface area contributed by atoms with E-state index < -0.39 is 0 Å². The second kappa shape index (κ2) is 2.80. The topological polar surface area (TPSA) is 9.23 Å². The second-order valence-electron chi connectivity index (χ2n) is 1.82. The molecule has 1 nitrogen and oxygen atoms in total. The minimum absolute atomic E-state index is 0.734. The monoisotopic (exact) mass is 110 g/mol. The Bertz CT molecular complexity index is 40.8. The van der Waals surface area contributed by atoms with Crippen molar-refractivity contribution in [1.82, 2.24) is 0 Å². The summed E-state index contributed by atoms with van der Waals surface area (Å²) in [5.41, 5.74) is 0.